The molecule has 1 aliphatic rings. The molecule has 0 unspecified atom stereocenters. The van der Waals surface area contributed by atoms with Crippen LogP contribution in [0.5, 0.6) is 5.88 Å². The number of hydrogen-bond acceptors (Lipinski definition) is 12. The fourth-order valence-corrected chi connectivity index (χ4v) is 6.73. The molecule has 0 atom stereocenters. The van der Waals surface area contributed by atoms with Gasteiger partial charge >= 0.3 is 0 Å². The van der Waals surface area contributed by atoms with E-state index in [1.807, 2.05) is 6.92 Å². The number of rotatable bonds is 11. The van der Waals surface area contributed by atoms with Crippen molar-refractivity contribution in [1.29, 1.82) is 0 Å². The number of ether oxygens (including phenoxy) is 1. The topological polar surface area (TPSA) is 204 Å². The molecule has 0 aromatic carbocycles. The van der Waals surface area contributed by atoms with Crippen LogP contribution in [0.4, 0.5) is 11.8 Å². The number of hydrogen-bond donors (Lipinski definition) is 2. The van der Waals surface area contributed by atoms with Crippen LogP contribution in [0.25, 0.3) is 11.3 Å². The molecule has 0 saturated carbocycles. The molecule has 1 fully saturated rings. The predicted molar refractivity (Wildman–Crippen MR) is 163 cm³/mol. The van der Waals surface area contributed by atoms with Crippen molar-refractivity contribution < 1.29 is 26.4 Å². The van der Waals surface area contributed by atoms with E-state index in [2.05, 4.69) is 40.1 Å². The number of piperidine rings is 1. The largest absolute Gasteiger partial charge is 0.477 e. The van der Waals surface area contributed by atoms with Gasteiger partial charge < -0.3 is 10.1 Å². The van der Waals surface area contributed by atoms with Crippen LogP contribution in [0.15, 0.2) is 60.3 Å². The second-order valence-corrected chi connectivity index (χ2v) is 14.0. The molecule has 1 saturated heterocycles. The van der Waals surface area contributed by atoms with Crippen LogP contribution in [0.2, 0.25) is 0 Å². The van der Waals surface area contributed by atoms with Crippen LogP contribution < -0.4 is 14.8 Å². The number of carbonyl (C=O) groups excluding carboxylic acids is 1. The Morgan fingerprint density at radius 2 is 1.78 bits per heavy atom. The number of anilines is 2. The Morgan fingerprint density at radius 3 is 2.42 bits per heavy atom. The fraction of sp³-hybridized carbons (Fsp3) is 0.370. The van der Waals surface area contributed by atoms with Crippen molar-refractivity contribution in [3.63, 3.8) is 0 Å². The molecule has 16 nitrogen and oxygen atoms in total. The van der Waals surface area contributed by atoms with Crippen LogP contribution >= 0.6 is 0 Å². The maximum absolute atomic E-state index is 14.1. The molecule has 5 heterocycles. The van der Waals surface area contributed by atoms with E-state index in [9.17, 15) is 21.6 Å². The van der Waals surface area contributed by atoms with E-state index in [0.29, 0.717) is 23.7 Å². The first-order valence-electron chi connectivity index (χ1n) is 14.0. The molecule has 238 valence electrons. The maximum atomic E-state index is 14.1. The lowest BCUT2D eigenvalue weighted by Crippen LogP contribution is -2.51. The van der Waals surface area contributed by atoms with Crippen LogP contribution in [-0.2, 0) is 37.3 Å². The van der Waals surface area contributed by atoms with Gasteiger partial charge in [0.05, 0.1) is 41.6 Å². The van der Waals surface area contributed by atoms with Crippen molar-refractivity contribution >= 4 is 37.7 Å². The highest BCUT2D eigenvalue weighted by Crippen LogP contribution is 2.38. The molecule has 0 radical (unpaired) electrons. The smallest absolute Gasteiger partial charge is 0.262 e. The molecule has 1 aliphatic heterocycles. The Kier molecular flexibility index (Phi) is 9.08. The van der Waals surface area contributed by atoms with E-state index in [-0.39, 0.29) is 54.2 Å². The van der Waals surface area contributed by atoms with Crippen molar-refractivity contribution in [2.45, 2.75) is 37.1 Å². The molecule has 4 aromatic rings. The molecule has 18 heteroatoms. The average molecular weight is 657 g/mol. The minimum absolute atomic E-state index is 0.0203. The van der Waals surface area contributed by atoms with Gasteiger partial charge in [-0.1, -0.05) is 0 Å². The number of pyridine rings is 1. The van der Waals surface area contributed by atoms with E-state index in [1.165, 1.54) is 52.8 Å². The van der Waals surface area contributed by atoms with E-state index in [4.69, 9.17) is 4.74 Å². The quantitative estimate of drug-likeness (QED) is 0.236. The highest BCUT2D eigenvalue weighted by atomic mass is 32.2. The first-order valence-corrected chi connectivity index (χ1v) is 17.1. The first kappa shape index (κ1) is 31.9. The van der Waals surface area contributed by atoms with E-state index in [0.717, 1.165) is 0 Å². The van der Waals surface area contributed by atoms with Gasteiger partial charge in [0.1, 0.15) is 5.82 Å². The molecule has 0 bridgehead atoms. The summed E-state index contributed by atoms with van der Waals surface area (Å²) < 4.78 is 61.4. The Balaban J connectivity index is 1.43. The van der Waals surface area contributed by atoms with Gasteiger partial charge in [0.15, 0.2) is 5.03 Å². The SMILES string of the molecule is CCOc1cncc(-c2ccc(NC(=O)C3(c4ccnc(NS(=O)(=O)CC)n4)CCN(S(=O)(=O)c4ccn(C)n4)CC3)nc2)n1. The number of nitrogens with zero attached hydrogens (tertiary/aromatic N) is 8. The summed E-state index contributed by atoms with van der Waals surface area (Å²) in [5, 5.41) is 6.78. The standard InChI is InChI=1S/C27H32N10O6S2/c1-4-43-23-18-28-17-20(31-23)19-6-7-22(30-16-19)33-25(38)27(21-8-12-29-26(32-21)35-44(39,40)5-2)10-14-37(15-11-27)45(41,42)24-9-13-36(3)34-24/h6-9,12-13,16-18H,4-5,10-11,14-15H2,1-3H3,(H,29,32,35)(H,30,33,38). The monoisotopic (exact) mass is 656 g/mol. The average Bonchev–Trinajstić information content (AvgIpc) is 3.49. The highest BCUT2D eigenvalue weighted by molar-refractivity contribution is 7.92. The van der Waals surface area contributed by atoms with Crippen molar-refractivity contribution in [3.05, 3.63) is 60.9 Å². The Hall–Kier alpha value is -4.55. The summed E-state index contributed by atoms with van der Waals surface area (Å²) in [4.78, 5) is 35.4. The molecule has 1 amide bonds. The van der Waals surface area contributed by atoms with Crippen molar-refractivity contribution in [2.24, 2.45) is 7.05 Å². The van der Waals surface area contributed by atoms with Crippen LogP contribution in [0.1, 0.15) is 32.4 Å². The van der Waals surface area contributed by atoms with Crippen molar-refractivity contribution in [2.75, 3.05) is 35.5 Å². The van der Waals surface area contributed by atoms with Gasteiger partial charge in [-0.15, -0.1) is 0 Å². The highest BCUT2D eigenvalue weighted by Gasteiger charge is 2.47. The Bertz CT molecular complexity index is 1890. The zero-order valence-electron chi connectivity index (χ0n) is 24.8. The number of carbonyl (C=O) groups is 1. The lowest BCUT2D eigenvalue weighted by molar-refractivity contribution is -0.123. The molecule has 45 heavy (non-hydrogen) atoms. The van der Waals surface area contributed by atoms with Gasteiger partial charge in [-0.05, 0) is 51.0 Å². The lowest BCUT2D eigenvalue weighted by atomic mass is 9.75. The van der Waals surface area contributed by atoms with E-state index < -0.39 is 31.4 Å². The fourth-order valence-electron chi connectivity index (χ4n) is 4.82. The minimum Gasteiger partial charge on any atom is -0.477 e. The van der Waals surface area contributed by atoms with Gasteiger partial charge in [-0.3, -0.25) is 19.2 Å². The summed E-state index contributed by atoms with van der Waals surface area (Å²) in [6.07, 6.45) is 7.58. The molecule has 4 aromatic heterocycles. The Morgan fingerprint density at radius 1 is 1.00 bits per heavy atom. The molecule has 0 aliphatic carbocycles. The second-order valence-electron chi connectivity index (χ2n) is 10.1. The molecule has 5 rings (SSSR count). The summed E-state index contributed by atoms with van der Waals surface area (Å²) >= 11 is 0. The summed E-state index contributed by atoms with van der Waals surface area (Å²) in [7, 11) is -6.00. The number of aromatic nitrogens is 7. The third kappa shape index (κ3) is 6.91. The molecule has 2 N–H and O–H groups in total. The zero-order valence-corrected chi connectivity index (χ0v) is 26.4. The zero-order chi connectivity index (χ0) is 32.2. The Labute approximate surface area is 260 Å². The van der Waals surface area contributed by atoms with Gasteiger partial charge in [-0.25, -0.2) is 36.8 Å². The minimum atomic E-state index is -3.92. The van der Waals surface area contributed by atoms with Crippen molar-refractivity contribution in [3.8, 4) is 17.1 Å². The molecule has 0 spiro atoms. The summed E-state index contributed by atoms with van der Waals surface area (Å²) in [5.74, 6) is -0.269. The number of sulfonamides is 2. The molecular formula is C27H32N10O6S2. The number of nitrogens with one attached hydrogen (secondary N) is 2. The third-order valence-corrected chi connectivity index (χ3v) is 10.3. The van der Waals surface area contributed by atoms with Crippen molar-refractivity contribution in [1.82, 2.24) is 39.0 Å². The summed E-state index contributed by atoms with van der Waals surface area (Å²) in [6, 6.07) is 6.26. The molecular weight excluding hydrogens is 624 g/mol. The lowest BCUT2D eigenvalue weighted by Gasteiger charge is -2.39. The van der Waals surface area contributed by atoms with E-state index in [1.54, 1.807) is 25.4 Å². The second kappa shape index (κ2) is 12.8. The number of aryl methyl sites for hydroxylation is 1. The summed E-state index contributed by atoms with van der Waals surface area (Å²) in [5.41, 5.74) is 0.0717. The van der Waals surface area contributed by atoms with Crippen LogP contribution in [-0.4, -0.2) is 87.2 Å². The number of amides is 1. The van der Waals surface area contributed by atoms with Gasteiger partial charge in [0.25, 0.3) is 10.0 Å². The maximum Gasteiger partial charge on any atom is 0.262 e. The predicted octanol–water partition coefficient (Wildman–Crippen LogP) is 1.58. The van der Waals surface area contributed by atoms with Crippen LogP contribution in [0, 0.1) is 0 Å². The van der Waals surface area contributed by atoms with E-state index >= 15 is 0 Å². The summed E-state index contributed by atoms with van der Waals surface area (Å²) in [6.45, 7) is 3.71. The van der Waals surface area contributed by atoms with Gasteiger partial charge in [0, 0.05) is 44.3 Å². The van der Waals surface area contributed by atoms with Crippen LogP contribution in [0.3, 0.4) is 0 Å². The normalized spacial score (nSPS) is 15.4. The van der Waals surface area contributed by atoms with Gasteiger partial charge in [-0.2, -0.15) is 9.40 Å². The van der Waals surface area contributed by atoms with Gasteiger partial charge in [0.2, 0.25) is 27.8 Å². The first-order chi connectivity index (χ1) is 21.5. The third-order valence-electron chi connectivity index (χ3n) is 7.28.